The number of rotatable bonds is 43. The fourth-order valence-electron chi connectivity index (χ4n) is 6.61. The third-order valence-corrected chi connectivity index (χ3v) is 11.2. The highest BCUT2D eigenvalue weighted by Crippen LogP contribution is 2.43. The molecule has 9 heteroatoms. The van der Waals surface area contributed by atoms with Crippen LogP contribution < -0.4 is 0 Å². The number of likely N-dealkylation sites (N-methyl/N-ethyl adjacent to an activating group) is 1. The zero-order valence-corrected chi connectivity index (χ0v) is 36.9. The van der Waals surface area contributed by atoms with E-state index in [1.54, 1.807) is 0 Å². The molecular weight excluding hydrogens is 685 g/mol. The topological polar surface area (TPSA) is 91.3 Å². The predicted molar refractivity (Wildman–Crippen MR) is 224 cm³/mol. The second kappa shape index (κ2) is 38.4. The number of nitrogens with zero attached hydrogens (tertiary/aromatic N) is 1. The maximum atomic E-state index is 12.7. The Kier molecular flexibility index (Phi) is 38.0. The van der Waals surface area contributed by atoms with Crippen LogP contribution in [0.15, 0.2) is 0 Å². The highest BCUT2D eigenvalue weighted by atomic mass is 31.2. The molecule has 0 aromatic rings. The maximum absolute atomic E-state index is 12.7. The van der Waals surface area contributed by atoms with Crippen LogP contribution >= 0.6 is 7.82 Å². The van der Waals surface area contributed by atoms with Crippen LogP contribution in [0, 0.1) is 0 Å². The lowest BCUT2D eigenvalue weighted by atomic mass is 10.0. The average Bonchev–Trinajstić information content (AvgIpc) is 3.11. The minimum atomic E-state index is -4.26. The molecule has 0 saturated heterocycles. The van der Waals surface area contributed by atoms with Gasteiger partial charge in [-0.2, -0.15) is 0 Å². The molecule has 0 radical (unpaired) electrons. The van der Waals surface area contributed by atoms with Gasteiger partial charge in [0.25, 0.3) is 0 Å². The maximum Gasteiger partial charge on any atom is 0.472 e. The smallest absolute Gasteiger partial charge is 0.457 e. The summed E-state index contributed by atoms with van der Waals surface area (Å²) in [5, 5.41) is 0. The van der Waals surface area contributed by atoms with Gasteiger partial charge in [-0.3, -0.25) is 13.8 Å². The molecule has 0 rings (SSSR count). The summed E-state index contributed by atoms with van der Waals surface area (Å²) in [4.78, 5) is 22.9. The third-order valence-electron chi connectivity index (χ3n) is 10.2. The van der Waals surface area contributed by atoms with Crippen LogP contribution in [0.4, 0.5) is 0 Å². The van der Waals surface area contributed by atoms with E-state index in [-0.39, 0.29) is 25.8 Å². The quantitative estimate of drug-likeness (QED) is 0.0285. The van der Waals surface area contributed by atoms with E-state index in [4.69, 9.17) is 18.5 Å². The van der Waals surface area contributed by atoms with Crippen LogP contribution in [0.25, 0.3) is 0 Å². The third kappa shape index (κ3) is 42.5. The number of ether oxygens (including phenoxy) is 2. The molecule has 0 amide bonds. The Labute approximate surface area is 329 Å². The van der Waals surface area contributed by atoms with Crippen molar-refractivity contribution >= 4 is 13.8 Å². The first kappa shape index (κ1) is 52.5. The number of phosphoric ester groups is 1. The Morgan fingerprint density at radius 2 is 0.868 bits per heavy atom. The SMILES string of the molecule is CCCCCCCCCCCCCCCCCCCCOC[C@H](COP(=O)(O)OCC[N+](C)(C)C)OC(=O)CCCCCCCCCCCCCCC. The van der Waals surface area contributed by atoms with Crippen LogP contribution in [-0.2, 0) is 27.9 Å². The first-order chi connectivity index (χ1) is 25.6. The summed E-state index contributed by atoms with van der Waals surface area (Å²) in [5.74, 6) is -0.308. The number of unbranched alkanes of at least 4 members (excludes halogenated alkanes) is 29. The summed E-state index contributed by atoms with van der Waals surface area (Å²) in [5.41, 5.74) is 0. The Bertz CT molecular complexity index is 822. The molecule has 0 aliphatic heterocycles. The number of carbonyl (C=O) groups excluding carboxylic acids is 1. The van der Waals surface area contributed by atoms with E-state index in [0.29, 0.717) is 24.1 Å². The lowest BCUT2D eigenvalue weighted by Gasteiger charge is -2.24. The fourth-order valence-corrected chi connectivity index (χ4v) is 7.35. The van der Waals surface area contributed by atoms with Gasteiger partial charge in [0.15, 0.2) is 0 Å². The summed E-state index contributed by atoms with van der Waals surface area (Å²) in [6, 6.07) is 0. The van der Waals surface area contributed by atoms with Gasteiger partial charge in [-0.15, -0.1) is 0 Å². The molecule has 0 bridgehead atoms. The van der Waals surface area contributed by atoms with Crippen LogP contribution in [0.1, 0.15) is 219 Å². The minimum Gasteiger partial charge on any atom is -0.457 e. The van der Waals surface area contributed by atoms with Crippen LogP contribution in [0.5, 0.6) is 0 Å². The number of quaternary nitrogens is 1. The second-order valence-electron chi connectivity index (χ2n) is 16.8. The van der Waals surface area contributed by atoms with E-state index in [9.17, 15) is 14.3 Å². The number of hydrogen-bond donors (Lipinski definition) is 1. The van der Waals surface area contributed by atoms with Crippen molar-refractivity contribution in [1.29, 1.82) is 0 Å². The van der Waals surface area contributed by atoms with Gasteiger partial charge in [-0.05, 0) is 12.8 Å². The van der Waals surface area contributed by atoms with E-state index in [0.717, 1.165) is 32.1 Å². The summed E-state index contributed by atoms with van der Waals surface area (Å²) in [6.45, 7) is 5.68. The standard InChI is InChI=1S/C44H90NO7P/c1-6-8-10-12-14-16-18-20-21-22-23-24-26-28-30-32-34-36-39-49-41-43(42-51-53(47,48)50-40-38-45(3,4)5)52-44(46)37-35-33-31-29-27-25-19-17-15-13-11-9-7-2/h43H,6-42H2,1-5H3/p+1/t43-/m1/s1. The number of esters is 1. The van der Waals surface area contributed by atoms with Gasteiger partial charge in [0.05, 0.1) is 34.4 Å². The molecule has 0 aliphatic rings. The monoisotopic (exact) mass is 777 g/mol. The van der Waals surface area contributed by atoms with Crippen molar-refractivity contribution in [2.75, 3.05) is 54.1 Å². The van der Waals surface area contributed by atoms with Crippen molar-refractivity contribution in [3.8, 4) is 0 Å². The lowest BCUT2D eigenvalue weighted by Crippen LogP contribution is -2.37. The predicted octanol–water partition coefficient (Wildman–Crippen LogP) is 13.3. The Hall–Kier alpha value is -0.500. The fraction of sp³-hybridized carbons (Fsp3) is 0.977. The Morgan fingerprint density at radius 3 is 1.25 bits per heavy atom. The van der Waals surface area contributed by atoms with Gasteiger partial charge in [0, 0.05) is 13.0 Å². The summed E-state index contributed by atoms with van der Waals surface area (Å²) >= 11 is 0. The second-order valence-corrected chi connectivity index (χ2v) is 18.3. The highest BCUT2D eigenvalue weighted by Gasteiger charge is 2.26. The van der Waals surface area contributed by atoms with E-state index < -0.39 is 13.9 Å². The molecule has 318 valence electrons. The van der Waals surface area contributed by atoms with Crippen molar-refractivity contribution in [3.05, 3.63) is 0 Å². The first-order valence-electron chi connectivity index (χ1n) is 22.8. The highest BCUT2D eigenvalue weighted by molar-refractivity contribution is 7.47. The van der Waals surface area contributed by atoms with Crippen molar-refractivity contribution in [2.24, 2.45) is 0 Å². The molecule has 0 aromatic heterocycles. The largest absolute Gasteiger partial charge is 0.472 e. The molecule has 8 nitrogen and oxygen atoms in total. The van der Waals surface area contributed by atoms with E-state index >= 15 is 0 Å². The van der Waals surface area contributed by atoms with Crippen molar-refractivity contribution in [3.63, 3.8) is 0 Å². The molecule has 53 heavy (non-hydrogen) atoms. The molecule has 0 saturated carbocycles. The first-order valence-corrected chi connectivity index (χ1v) is 24.3. The summed E-state index contributed by atoms with van der Waals surface area (Å²) in [7, 11) is 1.69. The van der Waals surface area contributed by atoms with E-state index in [2.05, 4.69) is 13.8 Å². The van der Waals surface area contributed by atoms with Gasteiger partial charge in [-0.25, -0.2) is 4.57 Å². The molecular formula is C44H91NO7P+. The van der Waals surface area contributed by atoms with Crippen molar-refractivity contribution in [1.82, 2.24) is 0 Å². The van der Waals surface area contributed by atoms with Crippen LogP contribution in [0.3, 0.4) is 0 Å². The molecule has 0 aliphatic carbocycles. The number of carbonyl (C=O) groups is 1. The minimum absolute atomic E-state index is 0.0939. The zero-order chi connectivity index (χ0) is 39.1. The molecule has 0 aromatic carbocycles. The zero-order valence-electron chi connectivity index (χ0n) is 36.0. The molecule has 1 unspecified atom stereocenters. The molecule has 2 atom stereocenters. The Balaban J connectivity index is 4.14. The van der Waals surface area contributed by atoms with Gasteiger partial charge in [0.2, 0.25) is 0 Å². The van der Waals surface area contributed by atoms with Gasteiger partial charge >= 0.3 is 13.8 Å². The summed E-state index contributed by atoms with van der Waals surface area (Å²) < 4.78 is 35.0. The van der Waals surface area contributed by atoms with E-state index in [1.165, 1.54) is 167 Å². The van der Waals surface area contributed by atoms with E-state index in [1.807, 2.05) is 21.1 Å². The summed E-state index contributed by atoms with van der Waals surface area (Å²) in [6.07, 6.45) is 39.9. The number of phosphoric acid groups is 1. The molecule has 0 fully saturated rings. The average molecular weight is 777 g/mol. The van der Waals surface area contributed by atoms with Crippen molar-refractivity contribution in [2.45, 2.75) is 225 Å². The van der Waals surface area contributed by atoms with Crippen LogP contribution in [0.2, 0.25) is 0 Å². The number of hydrogen-bond acceptors (Lipinski definition) is 6. The molecule has 0 spiro atoms. The molecule has 0 heterocycles. The normalized spacial score (nSPS) is 13.7. The van der Waals surface area contributed by atoms with Gasteiger partial charge in [0.1, 0.15) is 19.3 Å². The van der Waals surface area contributed by atoms with Crippen LogP contribution in [-0.4, -0.2) is 75.6 Å². The Morgan fingerprint density at radius 1 is 0.509 bits per heavy atom. The van der Waals surface area contributed by atoms with Gasteiger partial charge < -0.3 is 18.9 Å². The lowest BCUT2D eigenvalue weighted by molar-refractivity contribution is -0.870. The van der Waals surface area contributed by atoms with Gasteiger partial charge in [-0.1, -0.05) is 200 Å². The van der Waals surface area contributed by atoms with Crippen molar-refractivity contribution < 1.29 is 37.3 Å². The molecule has 1 N–H and O–H groups in total.